The van der Waals surface area contributed by atoms with Crippen LogP contribution in [0.2, 0.25) is 5.02 Å². The van der Waals surface area contributed by atoms with Crippen LogP contribution in [-0.2, 0) is 6.54 Å². The van der Waals surface area contributed by atoms with E-state index in [4.69, 9.17) is 11.6 Å². The number of pyridine rings is 1. The summed E-state index contributed by atoms with van der Waals surface area (Å²) in [5.74, 6) is -4.12. The van der Waals surface area contributed by atoms with E-state index < -0.39 is 39.6 Å². The molecule has 0 unspecified atom stereocenters. The molecule has 0 saturated heterocycles. The van der Waals surface area contributed by atoms with Gasteiger partial charge in [-0.25, -0.2) is 8.78 Å². The molecular formula is C20H16ClF2N3O4. The van der Waals surface area contributed by atoms with E-state index in [0.717, 1.165) is 12.1 Å². The third kappa shape index (κ3) is 3.24. The van der Waals surface area contributed by atoms with Crippen molar-refractivity contribution in [1.29, 1.82) is 0 Å². The predicted molar refractivity (Wildman–Crippen MR) is 104 cm³/mol. The molecule has 7 nitrogen and oxygen atoms in total. The van der Waals surface area contributed by atoms with Gasteiger partial charge in [-0.05, 0) is 12.5 Å². The highest BCUT2D eigenvalue weighted by atomic mass is 35.5. The molecule has 156 valence electrons. The molecule has 2 aliphatic rings. The largest absolute Gasteiger partial charge is 0.503 e. The van der Waals surface area contributed by atoms with E-state index >= 15 is 0 Å². The van der Waals surface area contributed by atoms with Crippen LogP contribution in [0.15, 0.2) is 35.3 Å². The van der Waals surface area contributed by atoms with Gasteiger partial charge in [-0.15, -0.1) is 0 Å². The smallest absolute Gasteiger partial charge is 0.274 e. The first-order valence-corrected chi connectivity index (χ1v) is 9.50. The Bertz CT molecular complexity index is 1160. The zero-order valence-corrected chi connectivity index (χ0v) is 16.2. The number of fused-ring (bicyclic) bond motifs is 4. The highest BCUT2D eigenvalue weighted by molar-refractivity contribution is 6.30. The zero-order chi connectivity index (χ0) is 21.6. The molecule has 0 saturated carbocycles. The van der Waals surface area contributed by atoms with Gasteiger partial charge in [0.1, 0.15) is 22.2 Å². The fraction of sp³-hybridized carbons (Fsp3) is 0.250. The SMILES string of the molecule is O=C(NCc1ccc(F)c(Cl)c1F)c1cn2c(c(O)c1=O)C(=O)N1CC=CC[C@H]2C1. The molecule has 1 aromatic heterocycles. The third-order valence-electron chi connectivity index (χ3n) is 5.22. The van der Waals surface area contributed by atoms with Crippen molar-refractivity contribution in [3.05, 3.63) is 74.2 Å². The van der Waals surface area contributed by atoms with E-state index in [0.29, 0.717) is 19.5 Å². The van der Waals surface area contributed by atoms with Gasteiger partial charge < -0.3 is 19.9 Å². The Hall–Kier alpha value is -3.20. The quantitative estimate of drug-likeness (QED) is 0.572. The van der Waals surface area contributed by atoms with Crippen molar-refractivity contribution in [1.82, 2.24) is 14.8 Å². The Balaban J connectivity index is 1.66. The molecule has 30 heavy (non-hydrogen) atoms. The number of nitrogens with zero attached hydrogens (tertiary/aromatic N) is 2. The van der Waals surface area contributed by atoms with E-state index in [1.807, 2.05) is 12.2 Å². The molecule has 1 atom stereocenters. The Morgan fingerprint density at radius 3 is 2.80 bits per heavy atom. The van der Waals surface area contributed by atoms with Crippen LogP contribution in [-0.4, -0.2) is 39.5 Å². The van der Waals surface area contributed by atoms with Crippen molar-refractivity contribution < 1.29 is 23.5 Å². The molecule has 2 aliphatic heterocycles. The number of halogens is 3. The second-order valence-corrected chi connectivity index (χ2v) is 7.44. The molecule has 0 radical (unpaired) electrons. The van der Waals surface area contributed by atoms with Crippen LogP contribution in [0, 0.1) is 11.6 Å². The fourth-order valence-corrected chi connectivity index (χ4v) is 3.81. The van der Waals surface area contributed by atoms with Gasteiger partial charge in [0.25, 0.3) is 11.8 Å². The van der Waals surface area contributed by atoms with Crippen LogP contribution >= 0.6 is 11.6 Å². The minimum atomic E-state index is -1.02. The summed E-state index contributed by atoms with van der Waals surface area (Å²) >= 11 is 5.53. The maximum Gasteiger partial charge on any atom is 0.274 e. The highest BCUT2D eigenvalue weighted by Crippen LogP contribution is 2.30. The first-order valence-electron chi connectivity index (χ1n) is 9.12. The highest BCUT2D eigenvalue weighted by Gasteiger charge is 2.35. The van der Waals surface area contributed by atoms with Gasteiger partial charge in [0, 0.05) is 31.4 Å². The minimum absolute atomic E-state index is 0.0724. The van der Waals surface area contributed by atoms with E-state index in [1.54, 1.807) is 0 Å². The molecule has 0 spiro atoms. The Kier molecular flexibility index (Phi) is 5.07. The molecular weight excluding hydrogens is 420 g/mol. The van der Waals surface area contributed by atoms with Crippen LogP contribution in [0.3, 0.4) is 0 Å². The van der Waals surface area contributed by atoms with Gasteiger partial charge in [0.15, 0.2) is 11.4 Å². The van der Waals surface area contributed by atoms with Crippen LogP contribution < -0.4 is 10.7 Å². The fourth-order valence-electron chi connectivity index (χ4n) is 3.63. The summed E-state index contributed by atoms with van der Waals surface area (Å²) in [6.07, 6.45) is 5.51. The number of hydrogen-bond donors (Lipinski definition) is 2. The first kappa shape index (κ1) is 20.1. The normalized spacial score (nSPS) is 17.5. The molecule has 2 bridgehead atoms. The van der Waals surface area contributed by atoms with Gasteiger partial charge in [-0.1, -0.05) is 29.8 Å². The van der Waals surface area contributed by atoms with Crippen molar-refractivity contribution in [2.75, 3.05) is 13.1 Å². The Morgan fingerprint density at radius 1 is 1.27 bits per heavy atom. The molecule has 2 aromatic rings. The van der Waals surface area contributed by atoms with Crippen LogP contribution in [0.25, 0.3) is 0 Å². The number of aromatic hydroxyl groups is 1. The van der Waals surface area contributed by atoms with Crippen molar-refractivity contribution in [2.24, 2.45) is 0 Å². The van der Waals surface area contributed by atoms with E-state index in [1.165, 1.54) is 15.7 Å². The monoisotopic (exact) mass is 435 g/mol. The number of nitrogens with one attached hydrogen (secondary N) is 1. The van der Waals surface area contributed by atoms with Gasteiger partial charge >= 0.3 is 0 Å². The number of amides is 2. The maximum atomic E-state index is 14.0. The lowest BCUT2D eigenvalue weighted by Crippen LogP contribution is -2.44. The van der Waals surface area contributed by atoms with Crippen molar-refractivity contribution >= 4 is 23.4 Å². The summed E-state index contributed by atoms with van der Waals surface area (Å²) in [6.45, 7) is 0.393. The number of allylic oxidation sites excluding steroid dienone is 1. The van der Waals surface area contributed by atoms with Gasteiger partial charge in [-0.3, -0.25) is 14.4 Å². The summed E-state index contributed by atoms with van der Waals surface area (Å²) in [5.41, 5.74) is -1.62. The first-order chi connectivity index (χ1) is 14.3. The number of rotatable bonds is 3. The standard InChI is InChI=1S/C20H16ClF2N3O4/c21-14-13(22)5-4-10(15(14)23)7-24-19(29)12-9-26-11-3-1-2-6-25(8-11)20(30)16(26)18(28)17(12)27/h1-2,4-5,9,11,28H,3,6-8H2,(H,24,29)/t11-/m0/s1. The van der Waals surface area contributed by atoms with Gasteiger partial charge in [-0.2, -0.15) is 0 Å². The summed E-state index contributed by atoms with van der Waals surface area (Å²) in [5, 5.41) is 12.1. The Morgan fingerprint density at radius 2 is 2.03 bits per heavy atom. The maximum absolute atomic E-state index is 14.0. The van der Waals surface area contributed by atoms with Gasteiger partial charge in [0.05, 0.1) is 6.04 Å². The molecule has 3 heterocycles. The number of aromatic nitrogens is 1. The van der Waals surface area contributed by atoms with Crippen LogP contribution in [0.1, 0.15) is 38.9 Å². The minimum Gasteiger partial charge on any atom is -0.503 e. The summed E-state index contributed by atoms with van der Waals surface area (Å²) < 4.78 is 28.7. The number of benzene rings is 1. The lowest BCUT2D eigenvalue weighted by molar-refractivity contribution is 0.0688. The summed E-state index contributed by atoms with van der Waals surface area (Å²) in [6, 6.07) is 1.84. The molecule has 2 amide bonds. The summed E-state index contributed by atoms with van der Waals surface area (Å²) in [4.78, 5) is 39.3. The predicted octanol–water partition coefficient (Wildman–Crippen LogP) is 2.37. The third-order valence-corrected chi connectivity index (χ3v) is 5.57. The van der Waals surface area contributed by atoms with Gasteiger partial charge in [0.2, 0.25) is 5.43 Å². The van der Waals surface area contributed by atoms with Crippen molar-refractivity contribution in [2.45, 2.75) is 19.0 Å². The average molecular weight is 436 g/mol. The average Bonchev–Trinajstić information content (AvgIpc) is 2.95. The van der Waals surface area contributed by atoms with Crippen LogP contribution in [0.5, 0.6) is 5.75 Å². The number of hydrogen-bond acceptors (Lipinski definition) is 4. The van der Waals surface area contributed by atoms with E-state index in [-0.39, 0.29) is 29.4 Å². The van der Waals surface area contributed by atoms with E-state index in [9.17, 15) is 28.3 Å². The molecule has 10 heteroatoms. The van der Waals surface area contributed by atoms with Crippen LogP contribution in [0.4, 0.5) is 8.78 Å². The zero-order valence-electron chi connectivity index (χ0n) is 15.5. The number of carbonyl (C=O) groups excluding carboxylic acids is 2. The lowest BCUT2D eigenvalue weighted by atomic mass is 10.1. The topological polar surface area (TPSA) is 91.6 Å². The second-order valence-electron chi connectivity index (χ2n) is 7.06. The van der Waals surface area contributed by atoms with E-state index in [2.05, 4.69) is 5.32 Å². The molecule has 2 N–H and O–H groups in total. The molecule has 0 aliphatic carbocycles. The lowest BCUT2D eigenvalue weighted by Gasteiger charge is -2.34. The molecule has 1 aromatic carbocycles. The van der Waals surface area contributed by atoms with Crippen molar-refractivity contribution in [3.8, 4) is 5.75 Å². The second kappa shape index (κ2) is 7.56. The summed E-state index contributed by atoms with van der Waals surface area (Å²) in [7, 11) is 0. The Labute approximate surface area is 174 Å². The molecule has 0 fully saturated rings. The van der Waals surface area contributed by atoms with Crippen molar-refractivity contribution in [3.63, 3.8) is 0 Å². The number of carbonyl (C=O) groups is 2. The molecule has 4 rings (SSSR count).